The Morgan fingerprint density at radius 2 is 0.739 bits per heavy atom. The van der Waals surface area contributed by atoms with Crippen molar-refractivity contribution in [1.82, 2.24) is 64.0 Å². The van der Waals surface area contributed by atoms with Crippen LogP contribution in [0.5, 0.6) is 0 Å². The molecule has 9 aliphatic heterocycles. The Hall–Kier alpha value is -5.15. The number of hydrogen-bond acceptors (Lipinski definition) is 16. The first-order valence-corrected chi connectivity index (χ1v) is 24.8. The van der Waals surface area contributed by atoms with E-state index < -0.39 is 11.9 Å². The molecule has 0 radical (unpaired) electrons. The Labute approximate surface area is 407 Å². The molecule has 18 nitrogen and oxygen atoms in total. The van der Waals surface area contributed by atoms with Gasteiger partial charge < -0.3 is 10.2 Å². The monoisotopic (exact) mass is 946 g/mol. The molecule has 0 atom stereocenters. The van der Waals surface area contributed by atoms with Gasteiger partial charge in [0.2, 0.25) is 0 Å². The number of Topliss-reactive ketones (excluding diaryl/α,β-unsaturated/α-hetero) is 1. The zero-order valence-electron chi connectivity index (χ0n) is 40.5. The molecule has 12 bridgehead atoms. The molecule has 3 saturated heterocycles. The molecule has 0 aliphatic carbocycles. The van der Waals surface area contributed by atoms with Crippen LogP contribution < -0.4 is 0 Å². The molecule has 4 aromatic heterocycles. The summed E-state index contributed by atoms with van der Waals surface area (Å²) < 4.78 is 0. The third-order valence-electron chi connectivity index (χ3n) is 13.7. The average Bonchev–Trinajstić information content (AvgIpc) is 3.33. The molecule has 13 rings (SSSR count). The van der Waals surface area contributed by atoms with Gasteiger partial charge in [-0.2, -0.15) is 0 Å². The number of piperazine rings is 3. The van der Waals surface area contributed by atoms with E-state index in [1.165, 1.54) is 6.07 Å². The maximum absolute atomic E-state index is 11.5. The summed E-state index contributed by atoms with van der Waals surface area (Å²) in [4.78, 5) is 73.7. The van der Waals surface area contributed by atoms with E-state index in [9.17, 15) is 19.5 Å². The lowest BCUT2D eigenvalue weighted by Gasteiger charge is -2.36. The Balaban J connectivity index is 0.000000141. The van der Waals surface area contributed by atoms with Crippen molar-refractivity contribution >= 4 is 17.7 Å². The molecule has 0 aromatic carbocycles. The van der Waals surface area contributed by atoms with Crippen LogP contribution in [0, 0.1) is 0 Å². The minimum atomic E-state index is -0.988. The number of ketones is 1. The molecule has 2 N–H and O–H groups in total. The van der Waals surface area contributed by atoms with Crippen molar-refractivity contribution in [2.24, 2.45) is 0 Å². The van der Waals surface area contributed by atoms with Crippen LogP contribution in [0.4, 0.5) is 0 Å². The fourth-order valence-electron chi connectivity index (χ4n) is 9.92. The second kappa shape index (κ2) is 25.1. The zero-order chi connectivity index (χ0) is 48.0. The highest BCUT2D eigenvalue weighted by molar-refractivity contribution is 5.85. The normalized spacial score (nSPS) is 25.5. The number of carboxylic acid groups (broad SMARTS) is 2. The predicted octanol–water partition coefficient (Wildman–Crippen LogP) is 2.01. The second-order valence-electron chi connectivity index (χ2n) is 19.3. The van der Waals surface area contributed by atoms with Crippen LogP contribution in [0.2, 0.25) is 0 Å². The third-order valence-corrected chi connectivity index (χ3v) is 13.7. The molecule has 0 unspecified atom stereocenters. The summed E-state index contributed by atoms with van der Waals surface area (Å²) in [5.41, 5.74) is 7.30. The molecule has 370 valence electrons. The smallest absolute Gasteiger partial charge is 0.354 e. The summed E-state index contributed by atoms with van der Waals surface area (Å²) in [6, 6.07) is 23.8. The molecule has 0 saturated carbocycles. The van der Waals surface area contributed by atoms with Gasteiger partial charge in [-0.3, -0.25) is 68.6 Å². The number of hydrogen-bond donors (Lipinski definition) is 2. The van der Waals surface area contributed by atoms with E-state index in [4.69, 9.17) is 15.1 Å². The molecule has 69 heavy (non-hydrogen) atoms. The summed E-state index contributed by atoms with van der Waals surface area (Å²) in [5, 5.41) is 18.3. The fourth-order valence-corrected chi connectivity index (χ4v) is 9.92. The highest BCUT2D eigenvalue weighted by atomic mass is 16.4. The van der Waals surface area contributed by atoms with Gasteiger partial charge in [-0.25, -0.2) is 9.78 Å². The van der Waals surface area contributed by atoms with Crippen molar-refractivity contribution in [3.8, 4) is 0 Å². The molecular weight excluding hydrogens is 875 g/mol. The minimum Gasteiger partial charge on any atom is -0.480 e. The minimum absolute atomic E-state index is 0.0753. The zero-order valence-corrected chi connectivity index (χ0v) is 40.5. The predicted molar refractivity (Wildman–Crippen MR) is 262 cm³/mol. The third kappa shape index (κ3) is 16.2. The van der Waals surface area contributed by atoms with Crippen molar-refractivity contribution in [3.63, 3.8) is 0 Å². The van der Waals surface area contributed by atoms with Crippen LogP contribution in [0.1, 0.15) is 57.3 Å². The van der Waals surface area contributed by atoms with E-state index >= 15 is 0 Å². The van der Waals surface area contributed by atoms with Crippen molar-refractivity contribution in [3.05, 3.63) is 118 Å². The van der Waals surface area contributed by atoms with Crippen LogP contribution in [0.25, 0.3) is 0 Å². The first kappa shape index (κ1) is 50.2. The first-order valence-electron chi connectivity index (χ1n) is 24.8. The van der Waals surface area contributed by atoms with E-state index in [2.05, 4.69) is 91.6 Å². The summed E-state index contributed by atoms with van der Waals surface area (Å²) in [7, 11) is 0. The highest BCUT2D eigenvalue weighted by Gasteiger charge is 2.24. The number of carbonyl (C=O) groups is 3. The average molecular weight is 946 g/mol. The van der Waals surface area contributed by atoms with Gasteiger partial charge in [0, 0.05) is 164 Å². The van der Waals surface area contributed by atoms with Crippen molar-refractivity contribution in [2.75, 3.05) is 131 Å². The van der Waals surface area contributed by atoms with Crippen molar-refractivity contribution < 1.29 is 24.6 Å². The van der Waals surface area contributed by atoms with E-state index in [0.29, 0.717) is 19.6 Å². The summed E-state index contributed by atoms with van der Waals surface area (Å²) in [5.74, 6) is -1.54. The van der Waals surface area contributed by atoms with Crippen molar-refractivity contribution in [1.29, 1.82) is 0 Å². The number of aliphatic carboxylic acids is 1. The number of fused-ring (bicyclic) bond motifs is 15. The summed E-state index contributed by atoms with van der Waals surface area (Å²) in [6.45, 7) is 26.3. The van der Waals surface area contributed by atoms with E-state index in [0.717, 1.165) is 190 Å². The lowest BCUT2D eigenvalue weighted by molar-refractivity contribution is -0.138. The lowest BCUT2D eigenvalue weighted by Crippen LogP contribution is -2.48. The quantitative estimate of drug-likeness (QED) is 0.276. The molecule has 13 heterocycles. The maximum Gasteiger partial charge on any atom is 0.354 e. The maximum atomic E-state index is 11.5. The molecule has 0 spiro atoms. The van der Waals surface area contributed by atoms with Gasteiger partial charge in [-0.15, -0.1) is 0 Å². The highest BCUT2D eigenvalue weighted by Crippen LogP contribution is 2.16. The SMILES string of the molecule is CC(=O)CN1CCN2CCN(CC2)Cc2cccc(n2)C1.O=C(O)CN1CCN2CCN(CC2)Cc2cccc(n2)C1.O=C(O)c1cccc(CN2CCN3CCN(CC3)Cc3cccc(n3)C2)n1. The van der Waals surface area contributed by atoms with Crippen LogP contribution >= 0.6 is 0 Å². The molecule has 18 heteroatoms. The largest absolute Gasteiger partial charge is 0.480 e. The lowest BCUT2D eigenvalue weighted by atomic mass is 10.2. The van der Waals surface area contributed by atoms with Gasteiger partial charge in [-0.1, -0.05) is 24.3 Å². The standard InChI is InChI=1S/C20H25N5O2.C16H24N4O.C15H22N4O2/c26-20(27)19-6-2-5-18(22-19)15-25-12-9-23-7-10-24(11-8-23)13-16-3-1-4-17(14-25)21-16;1-14(21)11-20-10-7-18-5-8-19(9-6-18)12-15-3-2-4-16(13-20)17-15;20-15(21)12-19-9-6-17-4-7-18(8-5-17)10-13-2-1-3-14(11-19)16-13/h1-6H,7-15H2,(H,26,27);2-4H,5-13H2,1H3;1-3H,4-12H2,(H,20,21). The number of rotatable bonds is 7. The number of aromatic carboxylic acids is 1. The number of nitrogens with zero attached hydrogens (tertiary/aromatic N) is 13. The van der Waals surface area contributed by atoms with Gasteiger partial charge in [0.25, 0.3) is 0 Å². The Morgan fingerprint density at radius 1 is 0.406 bits per heavy atom. The molecule has 0 amide bonds. The van der Waals surface area contributed by atoms with E-state index in [-0.39, 0.29) is 18.0 Å². The molecule has 4 aromatic rings. The van der Waals surface area contributed by atoms with E-state index in [1.807, 2.05) is 23.1 Å². The summed E-state index contributed by atoms with van der Waals surface area (Å²) >= 11 is 0. The fraction of sp³-hybridized carbons (Fsp3) is 0.549. The van der Waals surface area contributed by atoms with Gasteiger partial charge in [0.1, 0.15) is 11.5 Å². The number of pyridine rings is 4. The first-order chi connectivity index (χ1) is 33.5. The molecule has 9 aliphatic rings. The van der Waals surface area contributed by atoms with Crippen LogP contribution in [-0.4, -0.2) is 223 Å². The van der Waals surface area contributed by atoms with Crippen molar-refractivity contribution in [2.45, 2.75) is 52.7 Å². The van der Waals surface area contributed by atoms with Crippen LogP contribution in [0.15, 0.2) is 72.8 Å². The van der Waals surface area contributed by atoms with Gasteiger partial charge in [0.15, 0.2) is 0 Å². The second-order valence-corrected chi connectivity index (χ2v) is 19.3. The number of carboxylic acids is 2. The van der Waals surface area contributed by atoms with Gasteiger partial charge >= 0.3 is 11.9 Å². The van der Waals surface area contributed by atoms with E-state index in [1.54, 1.807) is 13.0 Å². The Kier molecular flexibility index (Phi) is 18.3. The number of carbonyl (C=O) groups excluding carboxylic acids is 1. The Bertz CT molecular complexity index is 2210. The number of aromatic nitrogens is 4. The summed E-state index contributed by atoms with van der Waals surface area (Å²) in [6.07, 6.45) is 0. The van der Waals surface area contributed by atoms with Gasteiger partial charge in [-0.05, 0) is 55.5 Å². The van der Waals surface area contributed by atoms with Crippen LogP contribution in [-0.2, 0) is 55.4 Å². The Morgan fingerprint density at radius 3 is 1.13 bits per heavy atom. The van der Waals surface area contributed by atoms with Crippen LogP contribution in [0.3, 0.4) is 0 Å². The molecular formula is C51H71N13O5. The topological polar surface area (TPSA) is 172 Å². The van der Waals surface area contributed by atoms with Gasteiger partial charge in [0.05, 0.1) is 52.9 Å². The molecule has 3 fully saturated rings.